The lowest BCUT2D eigenvalue weighted by Gasteiger charge is -2.27. The molecule has 0 bridgehead atoms. The van der Waals surface area contributed by atoms with E-state index < -0.39 is 0 Å². The Balaban J connectivity index is 0.000000169. The zero-order valence-electron chi connectivity index (χ0n) is 32.7. The fourth-order valence-electron chi connectivity index (χ4n) is 7.07. The van der Waals surface area contributed by atoms with Crippen molar-refractivity contribution in [2.45, 2.75) is 72.9 Å². The number of fused-ring (bicyclic) bond motifs is 2. The molecule has 2 aliphatic heterocycles. The summed E-state index contributed by atoms with van der Waals surface area (Å²) in [5.41, 5.74) is 8.13. The van der Waals surface area contributed by atoms with Crippen LogP contribution in [0.25, 0.3) is 44.8 Å². The van der Waals surface area contributed by atoms with Crippen LogP contribution in [0.5, 0.6) is 5.75 Å². The molecule has 6 heterocycles. The third-order valence-electron chi connectivity index (χ3n) is 10.5. The van der Waals surface area contributed by atoms with E-state index in [1.54, 1.807) is 12.1 Å². The van der Waals surface area contributed by atoms with Gasteiger partial charge in [0.15, 0.2) is 16.0 Å². The van der Waals surface area contributed by atoms with Crippen molar-refractivity contribution < 1.29 is 14.6 Å². The smallest absolute Gasteiger partial charge is 0.228 e. The Morgan fingerprint density at radius 3 is 1.71 bits per heavy atom. The average molecular weight is 812 g/mol. The fraction of sp³-hybridized carbons (Fsp3) is 0.463. The highest BCUT2D eigenvalue weighted by atomic mass is 79.9. The van der Waals surface area contributed by atoms with E-state index in [-0.39, 0.29) is 5.75 Å². The molecule has 1 N–H and O–H groups in total. The van der Waals surface area contributed by atoms with Gasteiger partial charge in [-0.05, 0) is 67.7 Å². The van der Waals surface area contributed by atoms with Gasteiger partial charge in [-0.15, -0.1) is 0 Å². The van der Waals surface area contributed by atoms with E-state index in [0.717, 1.165) is 107 Å². The van der Waals surface area contributed by atoms with Crippen LogP contribution >= 0.6 is 15.9 Å². The van der Waals surface area contributed by atoms with Gasteiger partial charge in [-0.3, -0.25) is 0 Å². The third-order valence-corrected chi connectivity index (χ3v) is 11.0. The van der Waals surface area contributed by atoms with Gasteiger partial charge in [0.1, 0.15) is 34.0 Å². The molecule has 13 nitrogen and oxygen atoms in total. The van der Waals surface area contributed by atoms with E-state index in [2.05, 4.69) is 101 Å². The molecule has 2 aromatic carbocycles. The lowest BCUT2D eigenvalue weighted by Crippen LogP contribution is -2.37. The number of imidazole rings is 2. The molecule has 8 rings (SSSR count). The Morgan fingerprint density at radius 2 is 1.18 bits per heavy atom. The van der Waals surface area contributed by atoms with E-state index >= 15 is 0 Å². The van der Waals surface area contributed by atoms with Crippen molar-refractivity contribution in [2.75, 3.05) is 62.4 Å². The van der Waals surface area contributed by atoms with Crippen molar-refractivity contribution in [3.05, 3.63) is 64.7 Å². The number of aromatic hydroxyl groups is 1. The normalized spacial score (nSPS) is 16.0. The molecule has 4 aromatic heterocycles. The van der Waals surface area contributed by atoms with Crippen molar-refractivity contribution in [1.29, 1.82) is 0 Å². The van der Waals surface area contributed by atoms with E-state index in [9.17, 15) is 5.11 Å². The Morgan fingerprint density at radius 1 is 0.673 bits per heavy atom. The highest BCUT2D eigenvalue weighted by Gasteiger charge is 2.25. The number of anilines is 2. The van der Waals surface area contributed by atoms with Gasteiger partial charge in [0.05, 0.1) is 26.4 Å². The standard InChI is InChI=1S/C21H27N5O2.C20H24BrN5O/c1-4-14(3)26-17(5-2)22-19-18(15-7-6-8-16(27)13-15)23-21(24-20(19)26)25-9-11-28-12-10-25;1-4-14(3)26-18-17(22-19(26)21)16(15-7-5-6-13(2)12-15)23-20(24-18)25-8-10-27-11-9-25/h6-8,13-14,27H,4-5,9-12H2,1-3H3;5-7,12,14H,4,8-11H2,1-3H3. The molecule has 0 aliphatic carbocycles. The topological polar surface area (TPSA) is 132 Å². The summed E-state index contributed by atoms with van der Waals surface area (Å²) in [7, 11) is 0. The van der Waals surface area contributed by atoms with Crippen molar-refractivity contribution in [2.24, 2.45) is 0 Å². The van der Waals surface area contributed by atoms with Gasteiger partial charge in [-0.1, -0.05) is 56.7 Å². The molecular formula is C41H51BrN10O3. The van der Waals surface area contributed by atoms with Crippen LogP contribution in [-0.4, -0.2) is 96.8 Å². The van der Waals surface area contributed by atoms with E-state index in [1.807, 2.05) is 12.1 Å². The van der Waals surface area contributed by atoms with Gasteiger partial charge in [-0.25, -0.2) is 19.9 Å². The molecule has 2 aliphatic rings. The van der Waals surface area contributed by atoms with Crippen LogP contribution in [0, 0.1) is 6.92 Å². The van der Waals surface area contributed by atoms with Crippen molar-refractivity contribution in [3.63, 3.8) is 0 Å². The second-order valence-corrected chi connectivity index (χ2v) is 14.9. The predicted octanol–water partition coefficient (Wildman–Crippen LogP) is 7.94. The van der Waals surface area contributed by atoms with Crippen LogP contribution < -0.4 is 9.80 Å². The lowest BCUT2D eigenvalue weighted by atomic mass is 10.1. The molecule has 2 fully saturated rings. The summed E-state index contributed by atoms with van der Waals surface area (Å²) in [5, 5.41) is 10.0. The molecule has 6 aromatic rings. The Bertz CT molecular complexity index is 2260. The molecule has 0 radical (unpaired) electrons. The molecule has 2 saturated heterocycles. The molecule has 0 saturated carbocycles. The van der Waals surface area contributed by atoms with E-state index in [0.29, 0.717) is 44.5 Å². The molecule has 2 atom stereocenters. The maximum absolute atomic E-state index is 10.0. The fourth-order valence-corrected chi connectivity index (χ4v) is 7.76. The van der Waals surface area contributed by atoms with Crippen LogP contribution in [0.3, 0.4) is 0 Å². The highest BCUT2D eigenvalue weighted by molar-refractivity contribution is 9.10. The zero-order chi connectivity index (χ0) is 38.6. The summed E-state index contributed by atoms with van der Waals surface area (Å²) < 4.78 is 16.2. The number of ether oxygens (including phenoxy) is 2. The molecule has 290 valence electrons. The number of hydrogen-bond acceptors (Lipinski definition) is 11. The number of aryl methyl sites for hydroxylation is 2. The summed E-state index contributed by atoms with van der Waals surface area (Å²) in [4.78, 5) is 33.7. The SMILES string of the molecule is CCC(C)n1c(Br)nc2c(-c3cccc(C)c3)nc(N3CCOCC3)nc21.CCc1nc2c(-c3cccc(O)c3)nc(N3CCOCC3)nc2n1C(C)CC. The number of benzene rings is 2. The molecule has 2 unspecified atom stereocenters. The minimum Gasteiger partial charge on any atom is -0.508 e. The van der Waals surface area contributed by atoms with Crippen LogP contribution in [0.15, 0.2) is 53.3 Å². The van der Waals surface area contributed by atoms with Gasteiger partial charge in [0.25, 0.3) is 0 Å². The largest absolute Gasteiger partial charge is 0.508 e. The first-order valence-electron chi connectivity index (χ1n) is 19.5. The number of hydrogen-bond donors (Lipinski definition) is 1. The number of halogens is 1. The van der Waals surface area contributed by atoms with Gasteiger partial charge >= 0.3 is 0 Å². The summed E-state index contributed by atoms with van der Waals surface area (Å²) in [6.07, 6.45) is 2.82. The Hall–Kier alpha value is -4.66. The Labute approximate surface area is 330 Å². The van der Waals surface area contributed by atoms with Gasteiger partial charge < -0.3 is 33.5 Å². The lowest BCUT2D eigenvalue weighted by molar-refractivity contribution is 0.122. The van der Waals surface area contributed by atoms with Crippen LogP contribution in [0.2, 0.25) is 0 Å². The summed E-state index contributed by atoms with van der Waals surface area (Å²) in [6, 6.07) is 16.2. The quantitative estimate of drug-likeness (QED) is 0.143. The minimum atomic E-state index is 0.217. The summed E-state index contributed by atoms with van der Waals surface area (Å²) in [6.45, 7) is 18.8. The van der Waals surface area contributed by atoms with Crippen LogP contribution in [-0.2, 0) is 15.9 Å². The number of morpholine rings is 2. The van der Waals surface area contributed by atoms with Crippen molar-refractivity contribution in [3.8, 4) is 28.3 Å². The van der Waals surface area contributed by atoms with E-state index in [4.69, 9.17) is 39.4 Å². The maximum Gasteiger partial charge on any atom is 0.228 e. The Kier molecular flexibility index (Phi) is 11.9. The van der Waals surface area contributed by atoms with E-state index in [1.165, 1.54) is 5.56 Å². The minimum absolute atomic E-state index is 0.217. The van der Waals surface area contributed by atoms with Gasteiger partial charge in [-0.2, -0.15) is 9.97 Å². The van der Waals surface area contributed by atoms with Gasteiger partial charge in [0.2, 0.25) is 11.9 Å². The summed E-state index contributed by atoms with van der Waals surface area (Å²) >= 11 is 3.64. The van der Waals surface area contributed by atoms with Crippen LogP contribution in [0.1, 0.15) is 70.9 Å². The third kappa shape index (κ3) is 8.03. The number of nitrogens with zero attached hydrogens (tertiary/aromatic N) is 10. The molecule has 55 heavy (non-hydrogen) atoms. The molecule has 14 heteroatoms. The maximum atomic E-state index is 10.0. The number of rotatable bonds is 9. The van der Waals surface area contributed by atoms with Gasteiger partial charge in [0, 0.05) is 55.8 Å². The second-order valence-electron chi connectivity index (χ2n) is 14.2. The van der Waals surface area contributed by atoms with Crippen molar-refractivity contribution in [1.82, 2.24) is 39.0 Å². The number of aromatic nitrogens is 8. The molecular weight excluding hydrogens is 760 g/mol. The second kappa shape index (κ2) is 17.0. The zero-order valence-corrected chi connectivity index (χ0v) is 34.3. The van der Waals surface area contributed by atoms with Crippen LogP contribution in [0.4, 0.5) is 11.9 Å². The monoisotopic (exact) mass is 810 g/mol. The first kappa shape index (κ1) is 38.6. The number of phenols is 1. The number of phenolic OH excluding ortho intramolecular Hbond substituents is 1. The summed E-state index contributed by atoms with van der Waals surface area (Å²) in [5.74, 6) is 2.67. The first-order valence-corrected chi connectivity index (χ1v) is 20.3. The average Bonchev–Trinajstić information content (AvgIpc) is 3.77. The van der Waals surface area contributed by atoms with Crippen molar-refractivity contribution >= 4 is 50.2 Å². The highest BCUT2D eigenvalue weighted by Crippen LogP contribution is 2.35. The predicted molar refractivity (Wildman–Crippen MR) is 221 cm³/mol. The molecule has 0 amide bonds. The molecule has 0 spiro atoms. The first-order chi connectivity index (χ1) is 26.7.